The highest BCUT2D eigenvalue weighted by atomic mass is 16.5. The zero-order valence-electron chi connectivity index (χ0n) is 15.8. The van der Waals surface area contributed by atoms with Crippen molar-refractivity contribution in [2.75, 3.05) is 11.9 Å². The summed E-state index contributed by atoms with van der Waals surface area (Å²) >= 11 is 0. The third-order valence-corrected chi connectivity index (χ3v) is 4.49. The number of carbonyl (C=O) groups excluding carboxylic acids is 2. The van der Waals surface area contributed by atoms with E-state index in [1.165, 1.54) is 0 Å². The van der Waals surface area contributed by atoms with Crippen LogP contribution in [-0.4, -0.2) is 23.5 Å². The number of benzene rings is 3. The summed E-state index contributed by atoms with van der Waals surface area (Å²) in [7, 11) is 0. The highest BCUT2D eigenvalue weighted by molar-refractivity contribution is 6.08. The molecule has 2 amide bonds. The van der Waals surface area contributed by atoms with Gasteiger partial charge in [0.25, 0.3) is 11.8 Å². The largest absolute Gasteiger partial charge is 0.355 e. The van der Waals surface area contributed by atoms with Crippen molar-refractivity contribution < 1.29 is 14.1 Å². The summed E-state index contributed by atoms with van der Waals surface area (Å²) in [5, 5.41) is 10.4. The number of aromatic nitrogens is 1. The van der Waals surface area contributed by atoms with Gasteiger partial charge in [-0.25, -0.2) is 0 Å². The lowest BCUT2D eigenvalue weighted by atomic mass is 10.1. The van der Waals surface area contributed by atoms with Gasteiger partial charge in [0.1, 0.15) is 5.52 Å². The maximum absolute atomic E-state index is 12.8. The number of nitrogens with one attached hydrogen (secondary N) is 2. The summed E-state index contributed by atoms with van der Waals surface area (Å²) < 4.78 is 5.49. The molecule has 0 aliphatic heterocycles. The third kappa shape index (κ3) is 3.87. The van der Waals surface area contributed by atoms with E-state index < -0.39 is 0 Å². The van der Waals surface area contributed by atoms with Gasteiger partial charge in [0.05, 0.1) is 5.39 Å². The minimum Gasteiger partial charge on any atom is -0.355 e. The molecule has 144 valence electrons. The molecule has 0 saturated carbocycles. The van der Waals surface area contributed by atoms with Crippen LogP contribution in [0.2, 0.25) is 0 Å². The lowest BCUT2D eigenvalue weighted by Crippen LogP contribution is -2.22. The number of anilines is 1. The van der Waals surface area contributed by atoms with Crippen LogP contribution in [0.5, 0.6) is 0 Å². The fraction of sp³-hybridized carbons (Fsp3) is 0.0870. The summed E-state index contributed by atoms with van der Waals surface area (Å²) in [4.78, 5) is 24.8. The fourth-order valence-electron chi connectivity index (χ4n) is 3.08. The van der Waals surface area contributed by atoms with Crippen molar-refractivity contribution >= 4 is 28.4 Å². The first-order valence-electron chi connectivity index (χ1n) is 9.30. The summed E-state index contributed by atoms with van der Waals surface area (Å²) in [6.45, 7) is 2.39. The quantitative estimate of drug-likeness (QED) is 0.530. The van der Waals surface area contributed by atoms with E-state index in [1.807, 2.05) is 37.3 Å². The monoisotopic (exact) mass is 385 g/mol. The van der Waals surface area contributed by atoms with E-state index in [2.05, 4.69) is 15.8 Å². The van der Waals surface area contributed by atoms with Crippen molar-refractivity contribution in [1.29, 1.82) is 0 Å². The predicted octanol–water partition coefficient (Wildman–Crippen LogP) is 4.50. The van der Waals surface area contributed by atoms with Gasteiger partial charge in [0.15, 0.2) is 5.76 Å². The Labute approximate surface area is 167 Å². The Balaban J connectivity index is 1.61. The standard InChI is InChI=1S/C23H19N3O3/c1-2-24-22(27)16-9-6-10-18(13-16)25-23(28)17-11-12-20-19(14-17)21(29-26-20)15-7-4-3-5-8-15/h3-14H,2H2,1H3,(H,24,27)(H,25,28). The molecule has 4 aromatic rings. The minimum absolute atomic E-state index is 0.179. The molecular formula is C23H19N3O3. The molecule has 0 aliphatic carbocycles. The first-order valence-corrected chi connectivity index (χ1v) is 9.30. The SMILES string of the molecule is CCNC(=O)c1cccc(NC(=O)c2ccc3noc(-c4ccccc4)c3c2)c1. The first kappa shape index (κ1) is 18.4. The lowest BCUT2D eigenvalue weighted by Gasteiger charge is -2.08. The normalized spacial score (nSPS) is 10.7. The van der Waals surface area contributed by atoms with Gasteiger partial charge >= 0.3 is 0 Å². The van der Waals surface area contributed by atoms with Crippen LogP contribution in [0.15, 0.2) is 77.3 Å². The van der Waals surface area contributed by atoms with Gasteiger partial charge in [0.2, 0.25) is 0 Å². The van der Waals surface area contributed by atoms with Gasteiger partial charge in [-0.3, -0.25) is 9.59 Å². The molecule has 0 saturated heterocycles. The van der Waals surface area contributed by atoms with Gasteiger partial charge < -0.3 is 15.2 Å². The molecule has 0 aliphatic rings. The van der Waals surface area contributed by atoms with Crippen LogP contribution in [0.25, 0.3) is 22.2 Å². The molecule has 6 heteroatoms. The zero-order chi connectivity index (χ0) is 20.2. The molecule has 6 nitrogen and oxygen atoms in total. The number of hydrogen-bond acceptors (Lipinski definition) is 4. The number of fused-ring (bicyclic) bond motifs is 1. The van der Waals surface area contributed by atoms with E-state index in [9.17, 15) is 9.59 Å². The molecule has 29 heavy (non-hydrogen) atoms. The summed E-state index contributed by atoms with van der Waals surface area (Å²) in [5.41, 5.74) is 3.08. The van der Waals surface area contributed by atoms with E-state index in [0.717, 1.165) is 10.9 Å². The summed E-state index contributed by atoms with van der Waals surface area (Å²) in [5.74, 6) is 0.163. The number of rotatable bonds is 5. The van der Waals surface area contributed by atoms with Crippen molar-refractivity contribution in [2.24, 2.45) is 0 Å². The molecule has 3 aromatic carbocycles. The lowest BCUT2D eigenvalue weighted by molar-refractivity contribution is 0.0954. The molecule has 1 heterocycles. The van der Waals surface area contributed by atoms with Crippen molar-refractivity contribution in [3.05, 3.63) is 83.9 Å². The van der Waals surface area contributed by atoms with E-state index in [0.29, 0.717) is 34.6 Å². The highest BCUT2D eigenvalue weighted by Gasteiger charge is 2.14. The molecular weight excluding hydrogens is 366 g/mol. The zero-order valence-corrected chi connectivity index (χ0v) is 15.8. The van der Waals surface area contributed by atoms with Gasteiger partial charge in [-0.1, -0.05) is 41.6 Å². The van der Waals surface area contributed by atoms with Gasteiger partial charge in [-0.2, -0.15) is 0 Å². The molecule has 0 atom stereocenters. The Bertz CT molecular complexity index is 1180. The molecule has 0 spiro atoms. The third-order valence-electron chi connectivity index (χ3n) is 4.49. The van der Waals surface area contributed by atoms with E-state index in [1.54, 1.807) is 42.5 Å². The maximum atomic E-state index is 12.8. The second-order valence-electron chi connectivity index (χ2n) is 6.50. The van der Waals surface area contributed by atoms with Crippen LogP contribution in [0.1, 0.15) is 27.6 Å². The number of nitrogens with zero attached hydrogens (tertiary/aromatic N) is 1. The van der Waals surface area contributed by atoms with Crippen molar-refractivity contribution in [3.8, 4) is 11.3 Å². The Morgan fingerprint density at radius 2 is 1.69 bits per heavy atom. The van der Waals surface area contributed by atoms with E-state index >= 15 is 0 Å². The summed E-state index contributed by atoms with van der Waals surface area (Å²) in [6, 6.07) is 21.7. The molecule has 1 aromatic heterocycles. The molecule has 0 unspecified atom stereocenters. The Kier molecular flexibility index (Phi) is 5.07. The Morgan fingerprint density at radius 3 is 2.48 bits per heavy atom. The van der Waals surface area contributed by atoms with Crippen molar-refractivity contribution in [3.63, 3.8) is 0 Å². The smallest absolute Gasteiger partial charge is 0.255 e. The predicted molar refractivity (Wildman–Crippen MR) is 112 cm³/mol. The second kappa shape index (κ2) is 7.98. The van der Waals surface area contributed by atoms with Crippen LogP contribution in [0, 0.1) is 0 Å². The van der Waals surface area contributed by atoms with E-state index in [4.69, 9.17) is 4.52 Å². The first-order chi connectivity index (χ1) is 14.2. The maximum Gasteiger partial charge on any atom is 0.255 e. The number of amides is 2. The van der Waals surface area contributed by atoms with Gasteiger partial charge in [0, 0.05) is 28.9 Å². The molecule has 0 fully saturated rings. The van der Waals surface area contributed by atoms with Crippen molar-refractivity contribution in [1.82, 2.24) is 10.5 Å². The van der Waals surface area contributed by atoms with Gasteiger partial charge in [-0.05, 0) is 43.3 Å². The second-order valence-corrected chi connectivity index (χ2v) is 6.50. The summed E-state index contributed by atoms with van der Waals surface area (Å²) in [6.07, 6.45) is 0. The topological polar surface area (TPSA) is 84.2 Å². The number of hydrogen-bond donors (Lipinski definition) is 2. The minimum atomic E-state index is -0.278. The van der Waals surface area contributed by atoms with Crippen LogP contribution < -0.4 is 10.6 Å². The van der Waals surface area contributed by atoms with Gasteiger partial charge in [-0.15, -0.1) is 0 Å². The van der Waals surface area contributed by atoms with Crippen molar-refractivity contribution in [2.45, 2.75) is 6.92 Å². The average Bonchev–Trinajstić information content (AvgIpc) is 3.18. The van der Waals surface area contributed by atoms with Crippen LogP contribution >= 0.6 is 0 Å². The van der Waals surface area contributed by atoms with E-state index in [-0.39, 0.29) is 11.8 Å². The van der Waals surface area contributed by atoms with Crippen LogP contribution in [0.4, 0.5) is 5.69 Å². The number of carbonyl (C=O) groups is 2. The molecule has 4 rings (SSSR count). The molecule has 2 N–H and O–H groups in total. The average molecular weight is 385 g/mol. The molecule has 0 bridgehead atoms. The molecule has 0 radical (unpaired) electrons. The Morgan fingerprint density at radius 1 is 0.897 bits per heavy atom. The Hall–Kier alpha value is -3.93. The highest BCUT2D eigenvalue weighted by Crippen LogP contribution is 2.29. The van der Waals surface area contributed by atoms with Crippen LogP contribution in [-0.2, 0) is 0 Å². The van der Waals surface area contributed by atoms with Crippen LogP contribution in [0.3, 0.4) is 0 Å². The fourth-order valence-corrected chi connectivity index (χ4v) is 3.08.